The van der Waals surface area contributed by atoms with Gasteiger partial charge in [0.1, 0.15) is 24.2 Å². The highest BCUT2D eigenvalue weighted by Crippen LogP contribution is 2.38. The molecular formula is C24H15F2IN3O3P. The van der Waals surface area contributed by atoms with Crippen molar-refractivity contribution < 1.29 is 23.0 Å². The number of esters is 1. The maximum Gasteiger partial charge on any atom is 0.331 e. The number of benzene rings is 3. The van der Waals surface area contributed by atoms with Crippen LogP contribution in [0.15, 0.2) is 67.0 Å². The Morgan fingerprint density at radius 1 is 1.18 bits per heavy atom. The van der Waals surface area contributed by atoms with Crippen LogP contribution in [0.5, 0.6) is 11.5 Å². The lowest BCUT2D eigenvalue weighted by molar-refractivity contribution is -0.138. The number of ether oxygens (including phenoxy) is 2. The lowest BCUT2D eigenvalue weighted by Gasteiger charge is -2.12. The van der Waals surface area contributed by atoms with Gasteiger partial charge in [0.05, 0.1) is 22.9 Å². The van der Waals surface area contributed by atoms with Crippen molar-refractivity contribution >= 4 is 51.5 Å². The van der Waals surface area contributed by atoms with Gasteiger partial charge in [-0.2, -0.15) is 5.26 Å². The standard InChI is InChI=1S/C24H15F2IN3O3P/c25-19-8-6-17(10-16(19)12-28)33-24-18(23-21(11-20(24)26)30(34-27)14-29-23)7-9-22(31)32-13-15-4-2-1-3-5-15/h1-11,14,34H,13H2/b9-7+. The second kappa shape index (κ2) is 10.7. The summed E-state index contributed by atoms with van der Waals surface area (Å²) in [4.78, 5) is 16.7. The Balaban J connectivity index is 1.69. The molecule has 0 spiro atoms. The molecule has 0 aliphatic carbocycles. The molecule has 0 radical (unpaired) electrons. The van der Waals surface area contributed by atoms with Gasteiger partial charge < -0.3 is 13.8 Å². The molecule has 4 rings (SSSR count). The normalized spacial score (nSPS) is 11.4. The van der Waals surface area contributed by atoms with E-state index in [0.717, 1.165) is 11.6 Å². The maximum atomic E-state index is 15.2. The van der Waals surface area contributed by atoms with Crippen LogP contribution in [0.3, 0.4) is 0 Å². The number of halogens is 3. The summed E-state index contributed by atoms with van der Waals surface area (Å²) in [5.41, 5.74) is 1.73. The van der Waals surface area contributed by atoms with Gasteiger partial charge in [0.25, 0.3) is 0 Å². The van der Waals surface area contributed by atoms with Crippen molar-refractivity contribution in [3.63, 3.8) is 0 Å². The first kappa shape index (κ1) is 23.8. The molecule has 0 saturated heterocycles. The van der Waals surface area contributed by atoms with Gasteiger partial charge in [-0.1, -0.05) is 30.3 Å². The fourth-order valence-corrected chi connectivity index (χ4v) is 4.67. The number of aromatic nitrogens is 2. The van der Waals surface area contributed by atoms with Crippen LogP contribution in [-0.2, 0) is 16.1 Å². The number of rotatable bonds is 7. The Labute approximate surface area is 208 Å². The summed E-state index contributed by atoms with van der Waals surface area (Å²) in [5.74, 6) is -2.20. The van der Waals surface area contributed by atoms with Crippen molar-refractivity contribution in [3.8, 4) is 17.6 Å². The predicted octanol–water partition coefficient (Wildman–Crippen LogP) is 6.53. The molecule has 0 fully saturated rings. The van der Waals surface area contributed by atoms with E-state index in [1.807, 2.05) is 30.3 Å². The van der Waals surface area contributed by atoms with E-state index in [2.05, 4.69) is 27.0 Å². The number of hydrogen-bond acceptors (Lipinski definition) is 5. The molecule has 6 nitrogen and oxygen atoms in total. The largest absolute Gasteiger partial charge is 0.458 e. The zero-order valence-electron chi connectivity index (χ0n) is 17.3. The third-order valence-corrected chi connectivity index (χ3v) is 6.86. The van der Waals surface area contributed by atoms with Crippen molar-refractivity contribution in [2.75, 3.05) is 0 Å². The monoisotopic (exact) mass is 589 g/mol. The van der Waals surface area contributed by atoms with E-state index < -0.39 is 17.6 Å². The molecule has 0 bridgehead atoms. The number of imidazole rings is 1. The van der Waals surface area contributed by atoms with E-state index in [1.54, 1.807) is 16.7 Å². The molecule has 170 valence electrons. The number of carbonyl (C=O) groups is 1. The zero-order chi connectivity index (χ0) is 24.1. The average Bonchev–Trinajstić information content (AvgIpc) is 3.26. The van der Waals surface area contributed by atoms with Crippen molar-refractivity contribution in [3.05, 3.63) is 95.3 Å². The summed E-state index contributed by atoms with van der Waals surface area (Å²) in [6.45, 7) is 0.0863. The molecule has 4 aromatic rings. The van der Waals surface area contributed by atoms with Gasteiger partial charge in [-0.25, -0.2) is 18.6 Å². The number of nitrogens with zero attached hydrogens (tertiary/aromatic N) is 3. The van der Waals surface area contributed by atoms with Crippen LogP contribution >= 0.6 is 28.4 Å². The van der Waals surface area contributed by atoms with Crippen LogP contribution in [-0.4, -0.2) is 15.3 Å². The van der Waals surface area contributed by atoms with Crippen LogP contribution in [0.25, 0.3) is 17.1 Å². The van der Waals surface area contributed by atoms with E-state index in [0.29, 0.717) is 11.0 Å². The molecule has 10 heteroatoms. The van der Waals surface area contributed by atoms with Crippen LogP contribution in [0.4, 0.5) is 8.78 Å². The summed E-state index contributed by atoms with van der Waals surface area (Å²) >= 11 is 2.15. The van der Waals surface area contributed by atoms with Crippen molar-refractivity contribution in [1.29, 1.82) is 5.26 Å². The minimum absolute atomic E-state index is 0.0627. The van der Waals surface area contributed by atoms with Crippen molar-refractivity contribution in [2.24, 2.45) is 0 Å². The second-order valence-corrected chi connectivity index (χ2v) is 9.05. The Morgan fingerprint density at radius 2 is 1.97 bits per heavy atom. The molecule has 1 unspecified atom stereocenters. The fourth-order valence-electron chi connectivity index (χ4n) is 3.15. The average molecular weight is 589 g/mol. The van der Waals surface area contributed by atoms with Gasteiger partial charge in [-0.05, 0) is 45.8 Å². The van der Waals surface area contributed by atoms with E-state index >= 15 is 4.39 Å². The topological polar surface area (TPSA) is 77.1 Å². The maximum absolute atomic E-state index is 15.2. The number of nitriles is 1. The highest BCUT2D eigenvalue weighted by Gasteiger charge is 2.19. The predicted molar refractivity (Wildman–Crippen MR) is 134 cm³/mol. The Morgan fingerprint density at radius 3 is 2.71 bits per heavy atom. The van der Waals surface area contributed by atoms with Gasteiger partial charge in [-0.15, -0.1) is 0 Å². The van der Waals surface area contributed by atoms with Gasteiger partial charge in [0.2, 0.25) is 0 Å². The summed E-state index contributed by atoms with van der Waals surface area (Å²) in [6, 6.07) is 15.7. The van der Waals surface area contributed by atoms with Gasteiger partial charge in [0, 0.05) is 30.1 Å². The van der Waals surface area contributed by atoms with Crippen LogP contribution < -0.4 is 4.74 Å². The molecule has 3 aromatic carbocycles. The molecule has 1 aromatic heterocycles. The van der Waals surface area contributed by atoms with E-state index in [-0.39, 0.29) is 35.6 Å². The molecule has 0 N–H and O–H groups in total. The Hall–Kier alpha value is -3.35. The number of carbonyl (C=O) groups excluding carboxylic acids is 1. The molecule has 0 aliphatic rings. The number of fused-ring (bicyclic) bond motifs is 1. The lowest BCUT2D eigenvalue weighted by Crippen LogP contribution is -2.01. The number of hydrogen-bond donors (Lipinski definition) is 0. The SMILES string of the molecule is N#Cc1cc(Oc2c(F)cc3c(ncn3PI)c2/C=C/C(=O)OCc2ccccc2)ccc1F. The van der Waals surface area contributed by atoms with Gasteiger partial charge in [-0.3, -0.25) is 0 Å². The van der Waals surface area contributed by atoms with Gasteiger partial charge in [0.15, 0.2) is 11.6 Å². The van der Waals surface area contributed by atoms with E-state index in [9.17, 15) is 9.18 Å². The van der Waals surface area contributed by atoms with Crippen LogP contribution in [0, 0.1) is 23.0 Å². The van der Waals surface area contributed by atoms with E-state index in [4.69, 9.17) is 14.7 Å². The fraction of sp³-hybridized carbons (Fsp3) is 0.0417. The van der Waals surface area contributed by atoms with E-state index in [1.165, 1.54) is 30.4 Å². The lowest BCUT2D eigenvalue weighted by atomic mass is 10.1. The zero-order valence-corrected chi connectivity index (χ0v) is 20.5. The van der Waals surface area contributed by atoms with Crippen molar-refractivity contribution in [1.82, 2.24) is 9.32 Å². The minimum Gasteiger partial charge on any atom is -0.458 e. The quantitative estimate of drug-likeness (QED) is 0.106. The first-order valence-corrected chi connectivity index (χ1v) is 13.9. The first-order valence-electron chi connectivity index (χ1n) is 9.82. The summed E-state index contributed by atoms with van der Waals surface area (Å²) in [7, 11) is 0. The Kier molecular flexibility index (Phi) is 7.50. The second-order valence-electron chi connectivity index (χ2n) is 6.95. The molecule has 0 saturated carbocycles. The molecule has 0 amide bonds. The third-order valence-electron chi connectivity index (χ3n) is 4.76. The smallest absolute Gasteiger partial charge is 0.331 e. The first-order chi connectivity index (χ1) is 16.5. The molecule has 1 atom stereocenters. The highest BCUT2D eigenvalue weighted by molar-refractivity contribution is 14.2. The summed E-state index contributed by atoms with van der Waals surface area (Å²) in [6.07, 6.45) is 4.38. The molecular weight excluding hydrogens is 574 g/mol. The molecule has 34 heavy (non-hydrogen) atoms. The molecule has 0 aliphatic heterocycles. The third kappa shape index (κ3) is 5.24. The highest BCUT2D eigenvalue weighted by atomic mass is 127. The van der Waals surface area contributed by atoms with Crippen LogP contribution in [0.2, 0.25) is 0 Å². The van der Waals surface area contributed by atoms with Crippen LogP contribution in [0.1, 0.15) is 16.7 Å². The summed E-state index contributed by atoms with van der Waals surface area (Å²) < 4.78 is 41.6. The minimum atomic E-state index is -0.714. The molecule has 1 heterocycles. The van der Waals surface area contributed by atoms with Crippen molar-refractivity contribution in [2.45, 2.75) is 6.61 Å². The van der Waals surface area contributed by atoms with Gasteiger partial charge >= 0.3 is 5.97 Å². The Bertz CT molecular complexity index is 1440. The summed E-state index contributed by atoms with van der Waals surface area (Å²) in [5, 5.41) is 9.07.